The molecule has 7 nitrogen and oxygen atoms in total. The van der Waals surface area contributed by atoms with Gasteiger partial charge < -0.3 is 9.84 Å². The molecule has 0 fully saturated rings. The van der Waals surface area contributed by atoms with Gasteiger partial charge in [-0.05, 0) is 6.92 Å². The first kappa shape index (κ1) is 11.6. The maximum absolute atomic E-state index is 11.2. The molecular formula is C8H12N3O4. The van der Waals surface area contributed by atoms with Crippen LogP contribution in [-0.2, 0) is 11.3 Å². The number of aryl methyl sites for hydroxylation is 1. The second-order valence-corrected chi connectivity index (χ2v) is 2.81. The summed E-state index contributed by atoms with van der Waals surface area (Å²) in [6.45, 7) is 2.26. The lowest BCUT2D eigenvalue weighted by Gasteiger charge is -2.10. The second-order valence-electron chi connectivity index (χ2n) is 2.81. The van der Waals surface area contributed by atoms with E-state index in [9.17, 15) is 14.7 Å². The van der Waals surface area contributed by atoms with Crippen molar-refractivity contribution in [3.8, 4) is 0 Å². The average Bonchev–Trinajstić information content (AvgIpc) is 2.21. The van der Waals surface area contributed by atoms with E-state index in [-0.39, 0.29) is 13.0 Å². The minimum Gasteiger partial charge on any atom is -0.368 e. The SMILES string of the molecule is CCOC(O)CCn1[c]n[nH]c(=O)c1=O. The van der Waals surface area contributed by atoms with Crippen molar-refractivity contribution in [3.63, 3.8) is 0 Å². The van der Waals surface area contributed by atoms with Gasteiger partial charge in [0, 0.05) is 19.6 Å². The minimum atomic E-state index is -0.949. The summed E-state index contributed by atoms with van der Waals surface area (Å²) in [6.07, 6.45) is 1.56. The van der Waals surface area contributed by atoms with Gasteiger partial charge in [0.2, 0.25) is 6.33 Å². The maximum Gasteiger partial charge on any atom is 0.330 e. The molecule has 0 saturated carbocycles. The van der Waals surface area contributed by atoms with Crippen LogP contribution in [0.25, 0.3) is 0 Å². The summed E-state index contributed by atoms with van der Waals surface area (Å²) in [5.41, 5.74) is -1.55. The number of aliphatic hydroxyl groups is 1. The molecule has 1 heterocycles. The Kier molecular flexibility index (Phi) is 4.19. The zero-order chi connectivity index (χ0) is 11.3. The zero-order valence-electron chi connectivity index (χ0n) is 8.27. The Balaban J connectivity index is 2.62. The largest absolute Gasteiger partial charge is 0.368 e. The normalized spacial score (nSPS) is 12.7. The molecule has 2 N–H and O–H groups in total. The Morgan fingerprint density at radius 2 is 2.40 bits per heavy atom. The summed E-state index contributed by atoms with van der Waals surface area (Å²) >= 11 is 0. The molecule has 0 aliphatic carbocycles. The highest BCUT2D eigenvalue weighted by molar-refractivity contribution is 4.73. The molecule has 7 heteroatoms. The molecule has 0 aromatic carbocycles. The number of hydrogen-bond acceptors (Lipinski definition) is 5. The Labute approximate surface area is 85.3 Å². The van der Waals surface area contributed by atoms with Crippen molar-refractivity contribution < 1.29 is 9.84 Å². The van der Waals surface area contributed by atoms with Crippen LogP contribution in [0.3, 0.4) is 0 Å². The lowest BCUT2D eigenvalue weighted by atomic mass is 10.4. The first-order chi connectivity index (χ1) is 7.15. The summed E-state index contributed by atoms with van der Waals surface area (Å²) in [6, 6.07) is 0. The number of H-pyrrole nitrogens is 1. The molecule has 0 bridgehead atoms. The number of aromatic amines is 1. The minimum absolute atomic E-state index is 0.136. The van der Waals surface area contributed by atoms with Gasteiger partial charge in [0.15, 0.2) is 6.29 Å². The second kappa shape index (κ2) is 5.42. The number of ether oxygens (including phenoxy) is 1. The summed E-state index contributed by atoms with van der Waals surface area (Å²) < 4.78 is 5.85. The van der Waals surface area contributed by atoms with Crippen LogP contribution in [0, 0.1) is 6.33 Å². The van der Waals surface area contributed by atoms with Crippen LogP contribution in [0.4, 0.5) is 0 Å². The fraction of sp³-hybridized carbons (Fsp3) is 0.625. The molecule has 1 rings (SSSR count). The van der Waals surface area contributed by atoms with E-state index in [1.807, 2.05) is 5.10 Å². The number of rotatable bonds is 5. The topological polar surface area (TPSA) is 97.2 Å². The molecule has 83 valence electrons. The summed E-state index contributed by atoms with van der Waals surface area (Å²) in [7, 11) is 0. The first-order valence-corrected chi connectivity index (χ1v) is 4.52. The lowest BCUT2D eigenvalue weighted by molar-refractivity contribution is -0.100. The Bertz CT molecular complexity index is 411. The van der Waals surface area contributed by atoms with Crippen LogP contribution in [0.5, 0.6) is 0 Å². The van der Waals surface area contributed by atoms with Gasteiger partial charge in [-0.25, -0.2) is 5.10 Å². The van der Waals surface area contributed by atoms with Gasteiger partial charge in [-0.1, -0.05) is 0 Å². The standard InChI is InChI=1S/C8H12N3O4/c1-2-15-6(12)3-4-11-5-9-10-7(13)8(11)14/h6,12H,2-4H2,1H3,(H,10,13). The van der Waals surface area contributed by atoms with Crippen LogP contribution < -0.4 is 11.1 Å². The highest BCUT2D eigenvalue weighted by Crippen LogP contribution is 1.94. The molecule has 0 saturated heterocycles. The van der Waals surface area contributed by atoms with E-state index in [2.05, 4.69) is 11.4 Å². The van der Waals surface area contributed by atoms with Crippen LogP contribution in [0.2, 0.25) is 0 Å². The van der Waals surface area contributed by atoms with Gasteiger partial charge in [0.05, 0.1) is 0 Å². The van der Waals surface area contributed by atoms with Crippen molar-refractivity contribution in [1.29, 1.82) is 0 Å². The van der Waals surface area contributed by atoms with Gasteiger partial charge in [-0.3, -0.25) is 14.2 Å². The van der Waals surface area contributed by atoms with Crippen LogP contribution >= 0.6 is 0 Å². The molecule has 15 heavy (non-hydrogen) atoms. The molecule has 1 radical (unpaired) electrons. The monoisotopic (exact) mass is 214 g/mol. The molecule has 1 aromatic rings. The molecule has 0 aliphatic rings. The van der Waals surface area contributed by atoms with Crippen LogP contribution in [0.15, 0.2) is 9.59 Å². The fourth-order valence-corrected chi connectivity index (χ4v) is 1.02. The third-order valence-corrected chi connectivity index (χ3v) is 1.73. The van der Waals surface area contributed by atoms with Gasteiger partial charge in [0.25, 0.3) is 0 Å². The number of nitrogens with one attached hydrogen (secondary N) is 1. The Morgan fingerprint density at radius 1 is 1.67 bits per heavy atom. The molecule has 0 aliphatic heterocycles. The number of nitrogens with zero attached hydrogens (tertiary/aromatic N) is 2. The fourth-order valence-electron chi connectivity index (χ4n) is 1.02. The quantitative estimate of drug-likeness (QED) is 0.458. The van der Waals surface area contributed by atoms with Gasteiger partial charge >= 0.3 is 11.1 Å². The predicted molar refractivity (Wildman–Crippen MR) is 50.2 cm³/mol. The van der Waals surface area contributed by atoms with Crippen molar-refractivity contribution in [2.45, 2.75) is 26.2 Å². The van der Waals surface area contributed by atoms with Crippen LogP contribution in [-0.4, -0.2) is 32.8 Å². The van der Waals surface area contributed by atoms with E-state index in [0.29, 0.717) is 6.61 Å². The van der Waals surface area contributed by atoms with Crippen molar-refractivity contribution in [3.05, 3.63) is 27.0 Å². The number of aromatic nitrogens is 3. The first-order valence-electron chi connectivity index (χ1n) is 4.52. The highest BCUT2D eigenvalue weighted by Gasteiger charge is 2.05. The maximum atomic E-state index is 11.2. The van der Waals surface area contributed by atoms with E-state index < -0.39 is 17.4 Å². The number of hydrogen-bond donors (Lipinski definition) is 2. The Hall–Kier alpha value is -1.47. The summed E-state index contributed by atoms with van der Waals surface area (Å²) in [5, 5.41) is 14.5. The van der Waals surface area contributed by atoms with Crippen molar-refractivity contribution in [2.24, 2.45) is 0 Å². The lowest BCUT2D eigenvalue weighted by Crippen LogP contribution is -2.37. The third kappa shape index (κ3) is 3.30. The Morgan fingerprint density at radius 3 is 3.07 bits per heavy atom. The van der Waals surface area contributed by atoms with Crippen molar-refractivity contribution in [2.75, 3.05) is 6.61 Å². The van der Waals surface area contributed by atoms with Gasteiger partial charge in [0.1, 0.15) is 0 Å². The van der Waals surface area contributed by atoms with Gasteiger partial charge in [-0.15, -0.1) is 0 Å². The predicted octanol–water partition coefficient (Wildman–Crippen LogP) is -1.52. The van der Waals surface area contributed by atoms with Crippen molar-refractivity contribution >= 4 is 0 Å². The summed E-state index contributed by atoms with van der Waals surface area (Å²) in [5.74, 6) is 0. The van der Waals surface area contributed by atoms with E-state index in [4.69, 9.17) is 4.74 Å². The average molecular weight is 214 g/mol. The molecule has 0 spiro atoms. The molecule has 1 unspecified atom stereocenters. The van der Waals surface area contributed by atoms with E-state index in [1.54, 1.807) is 6.92 Å². The molecule has 1 aromatic heterocycles. The number of aliphatic hydroxyl groups excluding tert-OH is 1. The zero-order valence-corrected chi connectivity index (χ0v) is 8.27. The molecule has 1 atom stereocenters. The molecular weight excluding hydrogens is 202 g/mol. The smallest absolute Gasteiger partial charge is 0.330 e. The third-order valence-electron chi connectivity index (χ3n) is 1.73. The van der Waals surface area contributed by atoms with E-state index >= 15 is 0 Å². The van der Waals surface area contributed by atoms with E-state index in [0.717, 1.165) is 4.57 Å². The molecule has 0 amide bonds. The van der Waals surface area contributed by atoms with Gasteiger partial charge in [-0.2, -0.15) is 5.10 Å². The van der Waals surface area contributed by atoms with Crippen molar-refractivity contribution in [1.82, 2.24) is 14.8 Å². The summed E-state index contributed by atoms with van der Waals surface area (Å²) in [4.78, 5) is 22.0. The van der Waals surface area contributed by atoms with Crippen LogP contribution in [0.1, 0.15) is 13.3 Å². The van der Waals surface area contributed by atoms with E-state index in [1.165, 1.54) is 0 Å². The highest BCUT2D eigenvalue weighted by atomic mass is 16.6.